The molecule has 0 unspecified atom stereocenters. The van der Waals surface area contributed by atoms with Crippen molar-refractivity contribution in [3.8, 4) is 6.07 Å². The first kappa shape index (κ1) is 11.8. The van der Waals surface area contributed by atoms with E-state index in [0.717, 1.165) is 12.1 Å². The Balaban J connectivity index is 3.45. The van der Waals surface area contributed by atoms with Crippen molar-refractivity contribution in [3.63, 3.8) is 0 Å². The molecule has 0 spiro atoms. The van der Waals surface area contributed by atoms with Gasteiger partial charge in [0.05, 0.1) is 17.2 Å². The lowest BCUT2D eigenvalue weighted by Crippen LogP contribution is -2.03. The van der Waals surface area contributed by atoms with E-state index < -0.39 is 18.0 Å². The van der Waals surface area contributed by atoms with Crippen LogP contribution in [0.1, 0.15) is 27.9 Å². The van der Waals surface area contributed by atoms with E-state index in [9.17, 15) is 13.6 Å². The summed E-state index contributed by atoms with van der Waals surface area (Å²) in [6.45, 7) is 0. The minimum atomic E-state index is -2.85. The summed E-state index contributed by atoms with van der Waals surface area (Å²) in [6.07, 6.45) is -2.85. The third kappa shape index (κ3) is 2.41. The van der Waals surface area contributed by atoms with E-state index in [4.69, 9.17) is 10.4 Å². The molecule has 0 aliphatic heterocycles. The molecule has 0 radical (unpaired) electrons. The summed E-state index contributed by atoms with van der Waals surface area (Å²) in [5, 5.41) is 17.3. The Kier molecular flexibility index (Phi) is 3.57. The highest BCUT2D eigenvalue weighted by Crippen LogP contribution is 2.26. The first-order chi connectivity index (χ1) is 6.97. The highest BCUT2D eigenvalue weighted by atomic mass is 127. The van der Waals surface area contributed by atoms with E-state index in [1.165, 1.54) is 0 Å². The van der Waals surface area contributed by atoms with Crippen molar-refractivity contribution in [2.45, 2.75) is 6.43 Å². The molecule has 0 saturated heterocycles. The van der Waals surface area contributed by atoms with Gasteiger partial charge in [-0.2, -0.15) is 5.26 Å². The second-order valence-corrected chi connectivity index (χ2v) is 3.80. The lowest BCUT2D eigenvalue weighted by molar-refractivity contribution is 0.0695. The molecule has 15 heavy (non-hydrogen) atoms. The van der Waals surface area contributed by atoms with Gasteiger partial charge in [-0.3, -0.25) is 0 Å². The Morgan fingerprint density at radius 3 is 2.53 bits per heavy atom. The normalized spacial score (nSPS) is 10.1. The molecule has 1 aromatic carbocycles. The number of hydrogen-bond acceptors (Lipinski definition) is 2. The number of alkyl halides is 2. The van der Waals surface area contributed by atoms with Crippen LogP contribution in [0.25, 0.3) is 0 Å². The zero-order chi connectivity index (χ0) is 11.6. The van der Waals surface area contributed by atoms with E-state index in [2.05, 4.69) is 0 Å². The van der Waals surface area contributed by atoms with Crippen molar-refractivity contribution in [2.24, 2.45) is 0 Å². The zero-order valence-electron chi connectivity index (χ0n) is 7.17. The standard InChI is InChI=1S/C9H4F2INO2/c10-8(11)5-2-6(9(14)15)7(12)1-4(5)3-13/h1-2,8H,(H,14,15). The van der Waals surface area contributed by atoms with Gasteiger partial charge in [-0.05, 0) is 34.7 Å². The fraction of sp³-hybridized carbons (Fsp3) is 0.111. The molecule has 0 atom stereocenters. The number of halogens is 3. The predicted molar refractivity (Wildman–Crippen MR) is 55.8 cm³/mol. The summed E-state index contributed by atoms with van der Waals surface area (Å²) in [4.78, 5) is 10.7. The minimum absolute atomic E-state index is 0.195. The molecular weight excluding hydrogens is 319 g/mol. The van der Waals surface area contributed by atoms with Crippen LogP contribution in [0, 0.1) is 14.9 Å². The summed E-state index contributed by atoms with van der Waals surface area (Å²) in [6, 6.07) is 3.59. The average Bonchev–Trinajstić information content (AvgIpc) is 2.16. The van der Waals surface area contributed by atoms with Crippen LogP contribution < -0.4 is 0 Å². The van der Waals surface area contributed by atoms with Crippen LogP contribution in [0.2, 0.25) is 0 Å². The van der Waals surface area contributed by atoms with Crippen LogP contribution in [0.15, 0.2) is 12.1 Å². The summed E-state index contributed by atoms with van der Waals surface area (Å²) in [7, 11) is 0. The number of nitrogens with zero attached hydrogens (tertiary/aromatic N) is 1. The van der Waals surface area contributed by atoms with E-state index >= 15 is 0 Å². The molecule has 1 rings (SSSR count). The number of hydrogen-bond donors (Lipinski definition) is 1. The van der Waals surface area contributed by atoms with Crippen molar-refractivity contribution in [1.82, 2.24) is 0 Å². The SMILES string of the molecule is N#Cc1cc(I)c(C(=O)O)cc1C(F)F. The molecule has 0 aliphatic carbocycles. The van der Waals surface area contributed by atoms with Crippen molar-refractivity contribution >= 4 is 28.6 Å². The first-order valence-corrected chi connectivity index (χ1v) is 4.80. The van der Waals surface area contributed by atoms with Gasteiger partial charge in [0, 0.05) is 9.13 Å². The predicted octanol–water partition coefficient (Wildman–Crippen LogP) is 2.80. The monoisotopic (exact) mass is 323 g/mol. The van der Waals surface area contributed by atoms with Gasteiger partial charge in [-0.1, -0.05) is 0 Å². The van der Waals surface area contributed by atoms with E-state index in [-0.39, 0.29) is 14.7 Å². The van der Waals surface area contributed by atoms with Crippen LogP contribution in [0.3, 0.4) is 0 Å². The molecule has 1 aromatic rings. The second-order valence-electron chi connectivity index (χ2n) is 2.64. The molecule has 0 heterocycles. The summed E-state index contributed by atoms with van der Waals surface area (Å²) < 4.78 is 25.2. The Morgan fingerprint density at radius 2 is 2.13 bits per heavy atom. The fourth-order valence-electron chi connectivity index (χ4n) is 1.03. The van der Waals surface area contributed by atoms with Gasteiger partial charge in [0.15, 0.2) is 0 Å². The molecule has 0 fully saturated rings. The highest BCUT2D eigenvalue weighted by molar-refractivity contribution is 14.1. The Hall–Kier alpha value is -1.23. The maximum Gasteiger partial charge on any atom is 0.336 e. The number of carboxylic acids is 1. The first-order valence-electron chi connectivity index (χ1n) is 3.72. The molecule has 0 saturated carbocycles. The third-order valence-corrected chi connectivity index (χ3v) is 2.62. The largest absolute Gasteiger partial charge is 0.478 e. The van der Waals surface area contributed by atoms with Crippen molar-refractivity contribution in [1.29, 1.82) is 5.26 Å². The quantitative estimate of drug-likeness (QED) is 0.852. The lowest BCUT2D eigenvalue weighted by atomic mass is 10.1. The lowest BCUT2D eigenvalue weighted by Gasteiger charge is -2.06. The minimum Gasteiger partial charge on any atom is -0.478 e. The van der Waals surface area contributed by atoms with Crippen molar-refractivity contribution in [2.75, 3.05) is 0 Å². The molecule has 78 valence electrons. The van der Waals surface area contributed by atoms with Gasteiger partial charge < -0.3 is 5.11 Å². The summed E-state index contributed by atoms with van der Waals surface area (Å²) in [5.74, 6) is -1.29. The van der Waals surface area contributed by atoms with Crippen LogP contribution in [-0.4, -0.2) is 11.1 Å². The number of nitriles is 1. The topological polar surface area (TPSA) is 61.1 Å². The summed E-state index contributed by atoms with van der Waals surface area (Å²) in [5.41, 5.74) is -0.959. The molecule has 6 heteroatoms. The zero-order valence-corrected chi connectivity index (χ0v) is 9.33. The number of aromatic carboxylic acids is 1. The number of rotatable bonds is 2. The van der Waals surface area contributed by atoms with Crippen LogP contribution in [0.5, 0.6) is 0 Å². The van der Waals surface area contributed by atoms with Crippen LogP contribution >= 0.6 is 22.6 Å². The fourth-order valence-corrected chi connectivity index (χ4v) is 1.73. The molecule has 0 aromatic heterocycles. The van der Waals surface area contributed by atoms with Gasteiger partial charge in [0.1, 0.15) is 0 Å². The maximum atomic E-state index is 12.4. The molecule has 3 nitrogen and oxygen atoms in total. The molecule has 0 bridgehead atoms. The second kappa shape index (κ2) is 4.53. The van der Waals surface area contributed by atoms with Gasteiger partial charge >= 0.3 is 5.97 Å². The average molecular weight is 323 g/mol. The highest BCUT2D eigenvalue weighted by Gasteiger charge is 2.18. The van der Waals surface area contributed by atoms with Gasteiger partial charge in [0.2, 0.25) is 0 Å². The maximum absolute atomic E-state index is 12.4. The Bertz CT molecular complexity index is 454. The molecular formula is C9H4F2INO2. The molecule has 0 aliphatic rings. The summed E-state index contributed by atoms with van der Waals surface area (Å²) >= 11 is 1.69. The van der Waals surface area contributed by atoms with Gasteiger partial charge in [0.25, 0.3) is 6.43 Å². The Labute approximate surface area is 97.5 Å². The number of carboxylic acid groups (broad SMARTS) is 1. The molecule has 0 amide bonds. The third-order valence-electron chi connectivity index (χ3n) is 1.73. The van der Waals surface area contributed by atoms with E-state index in [1.54, 1.807) is 28.7 Å². The van der Waals surface area contributed by atoms with Crippen LogP contribution in [-0.2, 0) is 0 Å². The van der Waals surface area contributed by atoms with Crippen molar-refractivity contribution < 1.29 is 18.7 Å². The van der Waals surface area contributed by atoms with Crippen molar-refractivity contribution in [3.05, 3.63) is 32.4 Å². The van der Waals surface area contributed by atoms with E-state index in [1.807, 2.05) is 0 Å². The van der Waals surface area contributed by atoms with Gasteiger partial charge in [-0.15, -0.1) is 0 Å². The van der Waals surface area contributed by atoms with Crippen LogP contribution in [0.4, 0.5) is 8.78 Å². The van der Waals surface area contributed by atoms with Gasteiger partial charge in [-0.25, -0.2) is 13.6 Å². The number of carbonyl (C=O) groups is 1. The Morgan fingerprint density at radius 1 is 1.53 bits per heavy atom. The molecule has 1 N–H and O–H groups in total. The van der Waals surface area contributed by atoms with E-state index in [0.29, 0.717) is 0 Å². The number of benzene rings is 1. The smallest absolute Gasteiger partial charge is 0.336 e.